The highest BCUT2D eigenvalue weighted by molar-refractivity contribution is 5.98. The Kier molecular flexibility index (Phi) is 6.79. The predicted octanol–water partition coefficient (Wildman–Crippen LogP) is 4.62. The molecule has 1 saturated carbocycles. The molecule has 0 bridgehead atoms. The van der Waals surface area contributed by atoms with Crippen molar-refractivity contribution in [1.29, 1.82) is 5.26 Å². The van der Waals surface area contributed by atoms with Crippen LogP contribution in [0.15, 0.2) is 65.8 Å². The summed E-state index contributed by atoms with van der Waals surface area (Å²) in [6.07, 6.45) is 5.84. The highest BCUT2D eigenvalue weighted by atomic mass is 19.1. The van der Waals surface area contributed by atoms with Gasteiger partial charge in [-0.15, -0.1) is 0 Å². The third kappa shape index (κ3) is 5.44. The van der Waals surface area contributed by atoms with Crippen LogP contribution in [0.4, 0.5) is 15.9 Å². The van der Waals surface area contributed by atoms with E-state index in [9.17, 15) is 14.4 Å². The molecule has 8 heteroatoms. The minimum atomic E-state index is -0.629. The van der Waals surface area contributed by atoms with Crippen LogP contribution >= 0.6 is 0 Å². The minimum absolute atomic E-state index is 0.207. The SMILES string of the molecule is N#C[C@H]1CCC(C=NCc2ccccc2)CC1n1cc(C(N)=O)c(Nc2ccc(F)cc2)n1. The molecule has 2 unspecified atom stereocenters. The Balaban J connectivity index is 1.53. The summed E-state index contributed by atoms with van der Waals surface area (Å²) in [5, 5.41) is 17.3. The Morgan fingerprint density at radius 3 is 2.70 bits per heavy atom. The molecule has 4 rings (SSSR count). The van der Waals surface area contributed by atoms with Gasteiger partial charge in [-0.05, 0) is 55.0 Å². The van der Waals surface area contributed by atoms with E-state index in [1.165, 1.54) is 12.1 Å². The molecule has 0 aliphatic heterocycles. The molecule has 3 aromatic rings. The molecule has 1 heterocycles. The number of halogens is 1. The van der Waals surface area contributed by atoms with Crippen LogP contribution in [0.5, 0.6) is 0 Å². The van der Waals surface area contributed by atoms with Gasteiger partial charge in [0.25, 0.3) is 5.91 Å². The summed E-state index contributed by atoms with van der Waals surface area (Å²) in [6, 6.07) is 17.9. The van der Waals surface area contributed by atoms with Crippen LogP contribution in [-0.4, -0.2) is 21.9 Å². The second-order valence-corrected chi connectivity index (χ2v) is 8.22. The molecule has 1 aliphatic carbocycles. The number of aromatic nitrogens is 2. The van der Waals surface area contributed by atoms with Gasteiger partial charge >= 0.3 is 0 Å². The third-order valence-corrected chi connectivity index (χ3v) is 5.90. The zero-order chi connectivity index (χ0) is 23.2. The Morgan fingerprint density at radius 1 is 1.24 bits per heavy atom. The van der Waals surface area contributed by atoms with Crippen LogP contribution in [-0.2, 0) is 6.54 Å². The van der Waals surface area contributed by atoms with E-state index in [1.807, 2.05) is 36.5 Å². The molecule has 2 aromatic carbocycles. The summed E-state index contributed by atoms with van der Waals surface area (Å²) >= 11 is 0. The van der Waals surface area contributed by atoms with E-state index in [2.05, 4.69) is 21.5 Å². The van der Waals surface area contributed by atoms with Crippen LogP contribution in [0.25, 0.3) is 0 Å². The number of aliphatic imine (C=N–C) groups is 1. The van der Waals surface area contributed by atoms with Crippen molar-refractivity contribution in [3.05, 3.63) is 77.7 Å². The van der Waals surface area contributed by atoms with Gasteiger partial charge in [0.15, 0.2) is 5.82 Å². The molecule has 3 N–H and O–H groups in total. The number of benzene rings is 2. The Morgan fingerprint density at radius 2 is 2.00 bits per heavy atom. The van der Waals surface area contributed by atoms with E-state index in [4.69, 9.17) is 5.73 Å². The number of amides is 1. The highest BCUT2D eigenvalue weighted by Crippen LogP contribution is 2.37. The molecule has 1 aromatic heterocycles. The first-order valence-corrected chi connectivity index (χ1v) is 10.9. The lowest BCUT2D eigenvalue weighted by atomic mass is 9.79. The zero-order valence-corrected chi connectivity index (χ0v) is 18.1. The van der Waals surface area contributed by atoms with Crippen LogP contribution in [0.1, 0.15) is 41.2 Å². The smallest absolute Gasteiger partial charge is 0.254 e. The maximum atomic E-state index is 13.2. The molecule has 7 nitrogen and oxygen atoms in total. The number of primary amides is 1. The summed E-state index contributed by atoms with van der Waals surface area (Å²) in [4.78, 5) is 16.6. The van der Waals surface area contributed by atoms with E-state index in [0.29, 0.717) is 18.7 Å². The molecule has 1 aliphatic rings. The minimum Gasteiger partial charge on any atom is -0.365 e. The summed E-state index contributed by atoms with van der Waals surface area (Å²) in [5.41, 5.74) is 7.51. The van der Waals surface area contributed by atoms with E-state index in [0.717, 1.165) is 18.4 Å². The number of nitrogens with zero attached hydrogens (tertiary/aromatic N) is 4. The van der Waals surface area contributed by atoms with Crippen LogP contribution in [0.2, 0.25) is 0 Å². The van der Waals surface area contributed by atoms with Crippen molar-refractivity contribution in [3.63, 3.8) is 0 Å². The average Bonchev–Trinajstić information content (AvgIpc) is 3.25. The van der Waals surface area contributed by atoms with Gasteiger partial charge in [-0.2, -0.15) is 10.4 Å². The van der Waals surface area contributed by atoms with Crippen molar-refractivity contribution < 1.29 is 9.18 Å². The molecule has 0 saturated heterocycles. The highest BCUT2D eigenvalue weighted by Gasteiger charge is 2.33. The standard InChI is InChI=1S/C25H25FN6O/c26-20-8-10-21(11-9-20)30-25-22(24(28)33)16-32(31-25)23-12-18(6-7-19(23)13-27)15-29-14-17-4-2-1-3-5-17/h1-5,8-11,15-16,18-19,23H,6-7,12,14H2,(H2,28,33)(H,30,31)/t18?,19-,23?/m1/s1. The van der Waals surface area contributed by atoms with Crippen molar-refractivity contribution in [2.45, 2.75) is 31.8 Å². The number of nitrogens with one attached hydrogen (secondary N) is 1. The van der Waals surface area contributed by atoms with Gasteiger partial charge in [-0.25, -0.2) is 4.39 Å². The maximum absolute atomic E-state index is 13.2. The van der Waals surface area contributed by atoms with Gasteiger partial charge < -0.3 is 11.1 Å². The molecule has 33 heavy (non-hydrogen) atoms. The first kappa shape index (κ1) is 22.2. The van der Waals surface area contributed by atoms with Crippen molar-refractivity contribution in [2.24, 2.45) is 22.6 Å². The third-order valence-electron chi connectivity index (χ3n) is 5.90. The molecule has 1 fully saturated rings. The second-order valence-electron chi connectivity index (χ2n) is 8.22. The van der Waals surface area contributed by atoms with E-state index in [1.54, 1.807) is 23.0 Å². The van der Waals surface area contributed by atoms with Crippen molar-refractivity contribution in [2.75, 3.05) is 5.32 Å². The number of hydrogen-bond donors (Lipinski definition) is 2. The van der Waals surface area contributed by atoms with E-state index in [-0.39, 0.29) is 35.1 Å². The van der Waals surface area contributed by atoms with E-state index < -0.39 is 5.91 Å². The number of carbonyl (C=O) groups excluding carboxylic acids is 1. The van der Waals surface area contributed by atoms with Gasteiger partial charge in [0.05, 0.1) is 24.6 Å². The summed E-state index contributed by atoms with van der Waals surface area (Å²) < 4.78 is 14.9. The monoisotopic (exact) mass is 444 g/mol. The Bertz CT molecular complexity index is 1170. The summed E-state index contributed by atoms with van der Waals surface area (Å²) in [6.45, 7) is 0.614. The summed E-state index contributed by atoms with van der Waals surface area (Å²) in [7, 11) is 0. The number of nitriles is 1. The zero-order valence-electron chi connectivity index (χ0n) is 18.1. The van der Waals surface area contributed by atoms with Crippen LogP contribution < -0.4 is 11.1 Å². The molecule has 0 radical (unpaired) electrons. The first-order valence-electron chi connectivity index (χ1n) is 10.9. The molecule has 3 atom stereocenters. The fourth-order valence-corrected chi connectivity index (χ4v) is 4.15. The fraction of sp³-hybridized carbons (Fsp3) is 0.280. The molecule has 1 amide bonds. The topological polar surface area (TPSA) is 109 Å². The second kappa shape index (κ2) is 10.1. The van der Waals surface area contributed by atoms with Crippen molar-refractivity contribution >= 4 is 23.6 Å². The van der Waals surface area contributed by atoms with E-state index >= 15 is 0 Å². The summed E-state index contributed by atoms with van der Waals surface area (Å²) in [5.74, 6) is -0.733. The molecule has 0 spiro atoms. The molecule has 168 valence electrons. The number of anilines is 2. The van der Waals surface area contributed by atoms with Crippen LogP contribution in [0, 0.1) is 29.0 Å². The lowest BCUT2D eigenvalue weighted by Crippen LogP contribution is -2.28. The van der Waals surface area contributed by atoms with Gasteiger partial charge in [-0.3, -0.25) is 14.5 Å². The number of nitrogens with two attached hydrogens (primary N) is 1. The molecular weight excluding hydrogens is 419 g/mol. The number of carbonyl (C=O) groups is 1. The Labute approximate surface area is 191 Å². The fourth-order valence-electron chi connectivity index (χ4n) is 4.15. The largest absolute Gasteiger partial charge is 0.365 e. The van der Waals surface area contributed by atoms with Crippen LogP contribution in [0.3, 0.4) is 0 Å². The first-order chi connectivity index (χ1) is 16.0. The predicted molar refractivity (Wildman–Crippen MR) is 125 cm³/mol. The number of hydrogen-bond acceptors (Lipinski definition) is 5. The van der Waals surface area contributed by atoms with Gasteiger partial charge in [0.2, 0.25) is 0 Å². The van der Waals surface area contributed by atoms with Gasteiger partial charge in [0, 0.05) is 18.1 Å². The Hall–Kier alpha value is -3.99. The lowest BCUT2D eigenvalue weighted by Gasteiger charge is -2.31. The van der Waals surface area contributed by atoms with Crippen molar-refractivity contribution in [1.82, 2.24) is 9.78 Å². The number of rotatable bonds is 7. The lowest BCUT2D eigenvalue weighted by molar-refractivity contribution is 0.100. The van der Waals surface area contributed by atoms with Gasteiger partial charge in [-0.1, -0.05) is 30.3 Å². The quantitative estimate of drug-likeness (QED) is 0.518. The van der Waals surface area contributed by atoms with Gasteiger partial charge in [0.1, 0.15) is 11.4 Å². The average molecular weight is 445 g/mol. The normalized spacial score (nSPS) is 20.4. The molecular formula is C25H25FN6O. The maximum Gasteiger partial charge on any atom is 0.254 e. The van der Waals surface area contributed by atoms with Crippen molar-refractivity contribution in [3.8, 4) is 6.07 Å².